The van der Waals surface area contributed by atoms with Crippen molar-refractivity contribution in [1.82, 2.24) is 5.32 Å². The van der Waals surface area contributed by atoms with E-state index in [0.717, 1.165) is 24.8 Å². The molecule has 26 heavy (non-hydrogen) atoms. The Morgan fingerprint density at radius 3 is 2.77 bits per heavy atom. The van der Waals surface area contributed by atoms with Crippen LogP contribution in [0.4, 0.5) is 0 Å². The fourth-order valence-electron chi connectivity index (χ4n) is 3.50. The number of amides is 1. The number of ether oxygens (including phenoxy) is 1. The van der Waals surface area contributed by atoms with Crippen LogP contribution in [0.2, 0.25) is 0 Å². The van der Waals surface area contributed by atoms with Crippen molar-refractivity contribution in [1.29, 1.82) is 0 Å². The van der Waals surface area contributed by atoms with Crippen molar-refractivity contribution < 1.29 is 9.53 Å². The lowest BCUT2D eigenvalue weighted by Gasteiger charge is -2.25. The Kier molecular flexibility index (Phi) is 6.81. The first-order chi connectivity index (χ1) is 12.7. The maximum Gasteiger partial charge on any atom is 0.221 e. The van der Waals surface area contributed by atoms with Crippen molar-refractivity contribution >= 4 is 5.91 Å². The Bertz CT molecular complexity index is 702. The topological polar surface area (TPSA) is 64.4 Å². The predicted molar refractivity (Wildman–Crippen MR) is 104 cm³/mol. The summed E-state index contributed by atoms with van der Waals surface area (Å²) in [5, 5.41) is 2.94. The number of aryl methyl sites for hydroxylation is 1. The highest BCUT2D eigenvalue weighted by molar-refractivity contribution is 5.76. The monoisotopic (exact) mass is 352 g/mol. The number of hydrogen-bond acceptors (Lipinski definition) is 3. The van der Waals surface area contributed by atoms with Crippen LogP contribution in [0.5, 0.6) is 0 Å². The fraction of sp³-hybridized carbons (Fsp3) is 0.409. The molecule has 1 amide bonds. The zero-order valence-corrected chi connectivity index (χ0v) is 15.2. The van der Waals surface area contributed by atoms with Crippen molar-refractivity contribution in [3.05, 3.63) is 71.3 Å². The minimum Gasteiger partial charge on any atom is -0.373 e. The Morgan fingerprint density at radius 1 is 1.15 bits per heavy atom. The van der Waals surface area contributed by atoms with Gasteiger partial charge >= 0.3 is 0 Å². The van der Waals surface area contributed by atoms with Gasteiger partial charge in [-0.3, -0.25) is 4.79 Å². The Labute approximate surface area is 155 Å². The van der Waals surface area contributed by atoms with Crippen molar-refractivity contribution in [2.45, 2.75) is 44.2 Å². The lowest BCUT2D eigenvalue weighted by Crippen LogP contribution is -2.29. The van der Waals surface area contributed by atoms with E-state index in [2.05, 4.69) is 29.6 Å². The zero-order chi connectivity index (χ0) is 18.2. The molecule has 0 spiro atoms. The second kappa shape index (κ2) is 9.51. The molecule has 0 radical (unpaired) electrons. The van der Waals surface area contributed by atoms with Crippen LogP contribution in [-0.4, -0.2) is 19.1 Å². The van der Waals surface area contributed by atoms with Crippen molar-refractivity contribution in [3.63, 3.8) is 0 Å². The minimum atomic E-state index is -0.258. The molecule has 0 heterocycles. The summed E-state index contributed by atoms with van der Waals surface area (Å²) >= 11 is 0. The van der Waals surface area contributed by atoms with E-state index in [-0.39, 0.29) is 18.1 Å². The molecule has 0 saturated carbocycles. The van der Waals surface area contributed by atoms with Gasteiger partial charge in [-0.2, -0.15) is 0 Å². The van der Waals surface area contributed by atoms with Crippen LogP contribution < -0.4 is 11.1 Å². The Balaban J connectivity index is 1.34. The summed E-state index contributed by atoms with van der Waals surface area (Å²) < 4.78 is 6.07. The smallest absolute Gasteiger partial charge is 0.221 e. The third-order valence-corrected chi connectivity index (χ3v) is 4.91. The van der Waals surface area contributed by atoms with E-state index < -0.39 is 0 Å². The van der Waals surface area contributed by atoms with Gasteiger partial charge in [0.25, 0.3) is 0 Å². The van der Waals surface area contributed by atoms with Crippen LogP contribution in [0.15, 0.2) is 54.6 Å². The summed E-state index contributed by atoms with van der Waals surface area (Å²) in [7, 11) is 0. The molecule has 0 fully saturated rings. The summed E-state index contributed by atoms with van der Waals surface area (Å²) in [6.45, 7) is 1.28. The van der Waals surface area contributed by atoms with Crippen LogP contribution >= 0.6 is 0 Å². The number of nitrogens with one attached hydrogen (secondary N) is 1. The van der Waals surface area contributed by atoms with E-state index in [1.54, 1.807) is 0 Å². The number of carbonyl (C=O) groups is 1. The third-order valence-electron chi connectivity index (χ3n) is 4.91. The minimum absolute atomic E-state index is 0.00985. The molecular formula is C22H28N2O2. The third kappa shape index (κ3) is 5.16. The molecule has 0 saturated heterocycles. The van der Waals surface area contributed by atoms with Gasteiger partial charge in [0.05, 0.1) is 6.10 Å². The first-order valence-corrected chi connectivity index (χ1v) is 9.50. The lowest BCUT2D eigenvalue weighted by atomic mass is 9.89. The van der Waals surface area contributed by atoms with Crippen molar-refractivity contribution in [3.8, 4) is 0 Å². The van der Waals surface area contributed by atoms with E-state index in [0.29, 0.717) is 19.6 Å². The quantitative estimate of drug-likeness (QED) is 0.712. The van der Waals surface area contributed by atoms with Crippen LogP contribution in [0, 0.1) is 0 Å². The summed E-state index contributed by atoms with van der Waals surface area (Å²) in [5.74, 6) is -0.00985. The molecule has 0 bridgehead atoms. The fourth-order valence-corrected chi connectivity index (χ4v) is 3.50. The summed E-state index contributed by atoms with van der Waals surface area (Å²) in [6, 6.07) is 18.0. The van der Waals surface area contributed by atoms with E-state index in [1.165, 1.54) is 17.5 Å². The van der Waals surface area contributed by atoms with Gasteiger partial charge in [-0.15, -0.1) is 0 Å². The molecule has 4 heteroatoms. The van der Waals surface area contributed by atoms with Gasteiger partial charge in [-0.25, -0.2) is 0 Å². The van der Waals surface area contributed by atoms with E-state index >= 15 is 0 Å². The molecule has 1 aliphatic rings. The number of hydrogen-bond donors (Lipinski definition) is 2. The van der Waals surface area contributed by atoms with Gasteiger partial charge < -0.3 is 15.8 Å². The average molecular weight is 352 g/mol. The van der Waals surface area contributed by atoms with Crippen LogP contribution in [0.1, 0.15) is 54.5 Å². The lowest BCUT2D eigenvalue weighted by molar-refractivity contribution is -0.121. The van der Waals surface area contributed by atoms with Gasteiger partial charge in [0.15, 0.2) is 0 Å². The van der Waals surface area contributed by atoms with Crippen LogP contribution in [-0.2, 0) is 16.0 Å². The van der Waals surface area contributed by atoms with Crippen LogP contribution in [0.3, 0.4) is 0 Å². The summed E-state index contributed by atoms with van der Waals surface area (Å²) in [6.07, 6.45) is 4.71. The summed E-state index contributed by atoms with van der Waals surface area (Å²) in [4.78, 5) is 12.0. The van der Waals surface area contributed by atoms with E-state index in [4.69, 9.17) is 10.5 Å². The molecule has 3 N–H and O–H groups in total. The van der Waals surface area contributed by atoms with Crippen molar-refractivity contribution in [2.75, 3.05) is 13.2 Å². The molecule has 2 aromatic carbocycles. The maximum atomic E-state index is 12.0. The molecular weight excluding hydrogens is 324 g/mol. The molecule has 1 aliphatic carbocycles. The molecule has 138 valence electrons. The zero-order valence-electron chi connectivity index (χ0n) is 15.2. The largest absolute Gasteiger partial charge is 0.373 e. The summed E-state index contributed by atoms with van der Waals surface area (Å²) in [5.41, 5.74) is 9.81. The van der Waals surface area contributed by atoms with Gasteiger partial charge in [-0.1, -0.05) is 54.6 Å². The molecule has 2 unspecified atom stereocenters. The molecule has 2 atom stereocenters. The van der Waals surface area contributed by atoms with E-state index in [9.17, 15) is 4.79 Å². The maximum absolute atomic E-state index is 12.0. The normalized spacial score (nSPS) is 17.3. The number of carbonyl (C=O) groups excluding carboxylic acids is 1. The highest BCUT2D eigenvalue weighted by atomic mass is 16.5. The second-order valence-corrected chi connectivity index (χ2v) is 6.88. The van der Waals surface area contributed by atoms with Crippen molar-refractivity contribution in [2.24, 2.45) is 5.73 Å². The predicted octanol–water partition coefficient (Wildman–Crippen LogP) is 3.68. The Hall–Kier alpha value is -2.17. The first kappa shape index (κ1) is 18.6. The number of fused-ring (bicyclic) bond motifs is 1. The highest BCUT2D eigenvalue weighted by Crippen LogP contribution is 2.32. The molecule has 4 nitrogen and oxygen atoms in total. The number of benzene rings is 2. The molecule has 2 aromatic rings. The molecule has 0 aliphatic heterocycles. The number of nitrogens with two attached hydrogens (primary N) is 1. The Morgan fingerprint density at radius 2 is 1.92 bits per heavy atom. The highest BCUT2D eigenvalue weighted by Gasteiger charge is 2.19. The molecule has 0 aromatic heterocycles. The van der Waals surface area contributed by atoms with Gasteiger partial charge in [0.2, 0.25) is 5.91 Å². The second-order valence-electron chi connectivity index (χ2n) is 6.88. The molecule has 3 rings (SSSR count). The van der Waals surface area contributed by atoms with Gasteiger partial charge in [0.1, 0.15) is 0 Å². The van der Waals surface area contributed by atoms with Crippen LogP contribution in [0.25, 0.3) is 0 Å². The van der Waals surface area contributed by atoms with E-state index in [1.807, 2.05) is 30.3 Å². The number of rotatable bonds is 8. The SMILES string of the molecule is NC(CC(=O)NCCCOC1CCCc2ccccc21)c1ccccc1. The van der Waals surface area contributed by atoms with Gasteiger partial charge in [-0.05, 0) is 42.4 Å². The standard InChI is InChI=1S/C22H28N2O2/c23-20(18-9-2-1-3-10-18)16-22(25)24-14-7-15-26-21-13-6-11-17-8-4-5-12-19(17)21/h1-5,8-10,12,20-21H,6-7,11,13-16,23H2,(H,24,25). The van der Waals surface area contributed by atoms with Gasteiger partial charge in [0, 0.05) is 25.6 Å². The first-order valence-electron chi connectivity index (χ1n) is 9.50. The average Bonchev–Trinajstić information content (AvgIpc) is 2.68.